The number of benzene rings is 2. The maximum atomic E-state index is 11.1. The minimum Gasteiger partial charge on any atom is -0.491 e. The first-order valence-electron chi connectivity index (χ1n) is 10.6. The number of nitrogens with zero attached hydrogens (tertiary/aromatic N) is 1. The van der Waals surface area contributed by atoms with E-state index in [0.29, 0.717) is 26.4 Å². The zero-order chi connectivity index (χ0) is 22.5. The van der Waals surface area contributed by atoms with Crippen molar-refractivity contribution in [2.75, 3.05) is 38.7 Å². The predicted octanol–water partition coefficient (Wildman–Crippen LogP) is 3.89. The highest BCUT2D eigenvalue weighted by Gasteiger charge is 2.06. The van der Waals surface area contributed by atoms with E-state index >= 15 is 0 Å². The summed E-state index contributed by atoms with van der Waals surface area (Å²) in [6, 6.07) is 14.0. The molecular weight excluding hydrogens is 519 g/mol. The number of amides is 1. The summed E-state index contributed by atoms with van der Waals surface area (Å²) < 4.78 is 11.3. The van der Waals surface area contributed by atoms with Gasteiger partial charge in [0.05, 0.1) is 6.61 Å². The quantitative estimate of drug-likeness (QED) is 0.170. The van der Waals surface area contributed by atoms with Crippen molar-refractivity contribution in [3.63, 3.8) is 0 Å². The first kappa shape index (κ1) is 27.7. The zero-order valence-electron chi connectivity index (χ0n) is 19.4. The molecule has 0 aromatic heterocycles. The molecule has 0 atom stereocenters. The number of aliphatic imine (C=N–C) groups is 1. The molecule has 0 fully saturated rings. The first-order valence-corrected chi connectivity index (χ1v) is 10.6. The maximum Gasteiger partial charge on any atom is 0.221 e. The van der Waals surface area contributed by atoms with Gasteiger partial charge < -0.3 is 25.4 Å². The first-order chi connectivity index (χ1) is 15.0. The molecule has 1 amide bonds. The third-order valence-corrected chi connectivity index (χ3v) is 4.56. The van der Waals surface area contributed by atoms with E-state index in [9.17, 15) is 4.79 Å². The van der Waals surface area contributed by atoms with Crippen molar-refractivity contribution in [1.29, 1.82) is 0 Å². The van der Waals surface area contributed by atoms with Crippen molar-refractivity contribution >= 4 is 41.5 Å². The van der Waals surface area contributed by atoms with Crippen LogP contribution in [0, 0.1) is 6.92 Å². The SMILES string of the molecule is CCOCCOc1cc(C)ccc1CNC(=NC)NCCc1ccc(NC(C)=O)cc1.I. The molecule has 2 rings (SSSR count). The lowest BCUT2D eigenvalue weighted by molar-refractivity contribution is -0.114. The summed E-state index contributed by atoms with van der Waals surface area (Å²) in [5.74, 6) is 1.53. The average Bonchev–Trinajstić information content (AvgIpc) is 2.75. The van der Waals surface area contributed by atoms with E-state index in [1.54, 1.807) is 7.05 Å². The summed E-state index contributed by atoms with van der Waals surface area (Å²) in [6.45, 7) is 8.66. The van der Waals surface area contributed by atoms with Crippen LogP contribution < -0.4 is 20.7 Å². The van der Waals surface area contributed by atoms with Crippen LogP contribution in [-0.4, -0.2) is 45.3 Å². The summed E-state index contributed by atoms with van der Waals surface area (Å²) in [7, 11) is 1.76. The molecule has 8 heteroatoms. The Labute approximate surface area is 208 Å². The molecule has 0 radical (unpaired) electrons. The number of guanidine groups is 1. The highest BCUT2D eigenvalue weighted by molar-refractivity contribution is 14.0. The molecule has 2 aromatic rings. The van der Waals surface area contributed by atoms with E-state index < -0.39 is 0 Å². The molecule has 0 spiro atoms. The van der Waals surface area contributed by atoms with Crippen LogP contribution in [0.15, 0.2) is 47.5 Å². The van der Waals surface area contributed by atoms with E-state index in [4.69, 9.17) is 9.47 Å². The number of carbonyl (C=O) groups is 1. The third-order valence-electron chi connectivity index (χ3n) is 4.56. The second-order valence-electron chi connectivity index (χ2n) is 7.14. The number of ether oxygens (including phenoxy) is 2. The number of halogens is 1. The standard InChI is InChI=1S/C24H34N4O3.HI/c1-5-30-14-15-31-23-16-18(2)6-9-21(23)17-27-24(25-4)26-13-12-20-7-10-22(11-8-20)28-19(3)29;/h6-11,16H,5,12-15,17H2,1-4H3,(H,28,29)(H2,25,26,27);1H. The van der Waals surface area contributed by atoms with Gasteiger partial charge in [-0.1, -0.05) is 24.3 Å². The van der Waals surface area contributed by atoms with Gasteiger partial charge in [-0.3, -0.25) is 9.79 Å². The predicted molar refractivity (Wildman–Crippen MR) is 141 cm³/mol. The third kappa shape index (κ3) is 10.3. The average molecular weight is 554 g/mol. The van der Waals surface area contributed by atoms with Crippen LogP contribution >= 0.6 is 24.0 Å². The van der Waals surface area contributed by atoms with Gasteiger partial charge >= 0.3 is 0 Å². The molecule has 0 aliphatic carbocycles. The number of carbonyl (C=O) groups excluding carboxylic acids is 1. The molecule has 176 valence electrons. The number of hydrogen-bond acceptors (Lipinski definition) is 4. The number of rotatable bonds is 11. The number of aryl methyl sites for hydroxylation is 1. The summed E-state index contributed by atoms with van der Waals surface area (Å²) in [6.07, 6.45) is 0.845. The molecule has 0 aliphatic heterocycles. The Kier molecular flexibility index (Phi) is 13.4. The Morgan fingerprint density at radius 3 is 2.47 bits per heavy atom. The van der Waals surface area contributed by atoms with Gasteiger partial charge in [0.1, 0.15) is 12.4 Å². The number of anilines is 1. The van der Waals surface area contributed by atoms with Gasteiger partial charge in [0.15, 0.2) is 5.96 Å². The van der Waals surface area contributed by atoms with Gasteiger partial charge in [0, 0.05) is 44.9 Å². The lowest BCUT2D eigenvalue weighted by Gasteiger charge is -2.15. The second-order valence-corrected chi connectivity index (χ2v) is 7.14. The Balaban J connectivity index is 0.00000512. The van der Waals surface area contributed by atoms with Crippen LogP contribution in [0.4, 0.5) is 5.69 Å². The largest absolute Gasteiger partial charge is 0.491 e. The van der Waals surface area contributed by atoms with Crippen molar-refractivity contribution in [2.24, 2.45) is 4.99 Å². The van der Waals surface area contributed by atoms with Crippen LogP contribution in [0.3, 0.4) is 0 Å². The number of nitrogens with one attached hydrogen (secondary N) is 3. The summed E-state index contributed by atoms with van der Waals surface area (Å²) >= 11 is 0. The summed E-state index contributed by atoms with van der Waals surface area (Å²) in [5.41, 5.74) is 4.21. The maximum absolute atomic E-state index is 11.1. The van der Waals surface area contributed by atoms with Gasteiger partial charge in [0.25, 0.3) is 0 Å². The highest BCUT2D eigenvalue weighted by atomic mass is 127. The normalized spacial score (nSPS) is 10.8. The van der Waals surface area contributed by atoms with Crippen molar-refractivity contribution in [3.8, 4) is 5.75 Å². The van der Waals surface area contributed by atoms with Gasteiger partial charge in [-0.2, -0.15) is 0 Å². The smallest absolute Gasteiger partial charge is 0.221 e. The Morgan fingerprint density at radius 1 is 1.06 bits per heavy atom. The fourth-order valence-electron chi connectivity index (χ4n) is 2.98. The van der Waals surface area contributed by atoms with E-state index in [2.05, 4.69) is 40.0 Å². The summed E-state index contributed by atoms with van der Waals surface area (Å²) in [4.78, 5) is 15.4. The van der Waals surface area contributed by atoms with Crippen molar-refractivity contribution < 1.29 is 14.3 Å². The van der Waals surface area contributed by atoms with Crippen molar-refractivity contribution in [1.82, 2.24) is 10.6 Å². The minimum atomic E-state index is -0.0688. The zero-order valence-corrected chi connectivity index (χ0v) is 21.7. The molecular formula is C24H35IN4O3. The Hall–Kier alpha value is -2.33. The molecule has 7 nitrogen and oxygen atoms in total. The second kappa shape index (κ2) is 15.5. The van der Waals surface area contributed by atoms with Gasteiger partial charge in [-0.25, -0.2) is 0 Å². The molecule has 0 saturated heterocycles. The molecule has 32 heavy (non-hydrogen) atoms. The monoisotopic (exact) mass is 554 g/mol. The van der Waals surface area contributed by atoms with E-state index in [0.717, 1.165) is 41.5 Å². The van der Waals surface area contributed by atoms with Gasteiger partial charge in [-0.05, 0) is 49.6 Å². The van der Waals surface area contributed by atoms with Crippen LogP contribution in [0.5, 0.6) is 5.75 Å². The van der Waals surface area contributed by atoms with Crippen LogP contribution in [-0.2, 0) is 22.5 Å². The van der Waals surface area contributed by atoms with E-state index in [1.165, 1.54) is 12.5 Å². The Morgan fingerprint density at radius 2 is 1.81 bits per heavy atom. The van der Waals surface area contributed by atoms with Gasteiger partial charge in [-0.15, -0.1) is 24.0 Å². The summed E-state index contributed by atoms with van der Waals surface area (Å²) in [5, 5.41) is 9.45. The van der Waals surface area contributed by atoms with Crippen molar-refractivity contribution in [3.05, 3.63) is 59.2 Å². The molecule has 0 bridgehead atoms. The molecule has 3 N–H and O–H groups in total. The highest BCUT2D eigenvalue weighted by Crippen LogP contribution is 2.20. The minimum absolute atomic E-state index is 0. The molecule has 0 unspecified atom stereocenters. The molecule has 0 aliphatic rings. The topological polar surface area (TPSA) is 84.0 Å². The fourth-order valence-corrected chi connectivity index (χ4v) is 2.98. The van der Waals surface area contributed by atoms with Crippen LogP contribution in [0.25, 0.3) is 0 Å². The lowest BCUT2D eigenvalue weighted by atomic mass is 10.1. The lowest BCUT2D eigenvalue weighted by Crippen LogP contribution is -2.37. The van der Waals surface area contributed by atoms with Crippen molar-refractivity contribution in [2.45, 2.75) is 33.7 Å². The van der Waals surface area contributed by atoms with Crippen LogP contribution in [0.1, 0.15) is 30.5 Å². The fraction of sp³-hybridized carbons (Fsp3) is 0.417. The van der Waals surface area contributed by atoms with Gasteiger partial charge in [0.2, 0.25) is 5.91 Å². The number of hydrogen-bond donors (Lipinski definition) is 3. The Bertz CT molecular complexity index is 857. The van der Waals surface area contributed by atoms with Crippen LogP contribution in [0.2, 0.25) is 0 Å². The molecule has 2 aromatic carbocycles. The van der Waals surface area contributed by atoms with E-state index in [1.807, 2.05) is 37.3 Å². The molecule has 0 heterocycles. The van der Waals surface area contributed by atoms with E-state index in [-0.39, 0.29) is 29.9 Å². The molecule has 0 saturated carbocycles.